The van der Waals surface area contributed by atoms with Crippen molar-refractivity contribution in [3.05, 3.63) is 0 Å². The van der Waals surface area contributed by atoms with Crippen molar-refractivity contribution < 1.29 is 4.74 Å². The fourth-order valence-corrected chi connectivity index (χ4v) is 4.22. The number of rotatable bonds is 4. The number of nitrogens with zero attached hydrogens (tertiary/aromatic N) is 2. The van der Waals surface area contributed by atoms with Crippen LogP contribution >= 0.6 is 0 Å². The van der Waals surface area contributed by atoms with Crippen LogP contribution in [0.25, 0.3) is 0 Å². The summed E-state index contributed by atoms with van der Waals surface area (Å²) in [5, 5.41) is 3.42. The molecule has 1 saturated carbocycles. The molecule has 1 aliphatic carbocycles. The van der Waals surface area contributed by atoms with E-state index in [-0.39, 0.29) is 0 Å². The van der Waals surface area contributed by atoms with Gasteiger partial charge in [-0.2, -0.15) is 0 Å². The maximum atomic E-state index is 6.33. The molecule has 2 heterocycles. The fraction of sp³-hybridized carbons (Fsp3) is 1.00. The summed E-state index contributed by atoms with van der Waals surface area (Å²) in [4.78, 5) is 5.11. The Balaban J connectivity index is 1.34. The van der Waals surface area contributed by atoms with Crippen LogP contribution in [0.4, 0.5) is 0 Å². The van der Waals surface area contributed by atoms with Crippen molar-refractivity contribution in [1.29, 1.82) is 0 Å². The Bertz CT molecular complexity index is 298. The van der Waals surface area contributed by atoms with Gasteiger partial charge in [0.15, 0.2) is 0 Å². The molecule has 4 heteroatoms. The molecule has 2 saturated heterocycles. The van der Waals surface area contributed by atoms with Crippen LogP contribution in [-0.4, -0.2) is 68.4 Å². The van der Waals surface area contributed by atoms with Gasteiger partial charge in [-0.25, -0.2) is 0 Å². The highest BCUT2D eigenvalue weighted by Crippen LogP contribution is 2.29. The lowest BCUT2D eigenvalue weighted by molar-refractivity contribution is -0.0509. The third-order valence-electron chi connectivity index (χ3n) is 5.44. The summed E-state index contributed by atoms with van der Waals surface area (Å²) in [5.41, 5.74) is 0. The van der Waals surface area contributed by atoms with Crippen molar-refractivity contribution in [3.63, 3.8) is 0 Å². The van der Waals surface area contributed by atoms with Crippen LogP contribution in [0.3, 0.4) is 0 Å². The van der Waals surface area contributed by atoms with E-state index in [0.717, 1.165) is 19.0 Å². The Morgan fingerprint density at radius 3 is 2.38 bits per heavy atom. The summed E-state index contributed by atoms with van der Waals surface area (Å²) in [6.07, 6.45) is 10.2. The molecule has 4 nitrogen and oxygen atoms in total. The lowest BCUT2D eigenvalue weighted by Gasteiger charge is -2.38. The van der Waals surface area contributed by atoms with Crippen molar-refractivity contribution >= 4 is 0 Å². The molecule has 21 heavy (non-hydrogen) atoms. The number of ether oxygens (including phenoxy) is 1. The highest BCUT2D eigenvalue weighted by molar-refractivity contribution is 4.79. The van der Waals surface area contributed by atoms with Gasteiger partial charge in [-0.3, -0.25) is 9.80 Å². The largest absolute Gasteiger partial charge is 0.375 e. The predicted octanol–water partition coefficient (Wildman–Crippen LogP) is 1.91. The highest BCUT2D eigenvalue weighted by Gasteiger charge is 2.27. The summed E-state index contributed by atoms with van der Waals surface area (Å²) in [6, 6.07) is 0. The number of hydrogen-bond acceptors (Lipinski definition) is 4. The maximum absolute atomic E-state index is 6.33. The molecule has 0 atom stereocenters. The smallest absolute Gasteiger partial charge is 0.0603 e. The van der Waals surface area contributed by atoms with Crippen LogP contribution in [0.1, 0.15) is 44.9 Å². The van der Waals surface area contributed by atoms with Gasteiger partial charge in [0.2, 0.25) is 0 Å². The van der Waals surface area contributed by atoms with Crippen molar-refractivity contribution in [2.75, 3.05) is 46.4 Å². The highest BCUT2D eigenvalue weighted by atomic mass is 16.5. The summed E-state index contributed by atoms with van der Waals surface area (Å²) in [6.45, 7) is 7.34. The molecular weight excluding hydrogens is 262 g/mol. The summed E-state index contributed by atoms with van der Waals surface area (Å²) < 4.78 is 6.33. The number of piperidine rings is 1. The van der Waals surface area contributed by atoms with Crippen LogP contribution in [-0.2, 0) is 4.74 Å². The van der Waals surface area contributed by atoms with Crippen LogP contribution in [0.15, 0.2) is 0 Å². The van der Waals surface area contributed by atoms with E-state index in [1.54, 1.807) is 0 Å². The third-order valence-corrected chi connectivity index (χ3v) is 5.44. The van der Waals surface area contributed by atoms with Gasteiger partial charge in [-0.05, 0) is 71.0 Å². The summed E-state index contributed by atoms with van der Waals surface area (Å²) in [5.74, 6) is 0.907. The Kier molecular flexibility index (Phi) is 5.92. The van der Waals surface area contributed by atoms with E-state index >= 15 is 0 Å². The molecule has 0 aromatic carbocycles. The van der Waals surface area contributed by atoms with E-state index in [1.165, 1.54) is 71.2 Å². The zero-order valence-electron chi connectivity index (χ0n) is 13.7. The average molecular weight is 295 g/mol. The van der Waals surface area contributed by atoms with Gasteiger partial charge in [0.05, 0.1) is 18.9 Å². The van der Waals surface area contributed by atoms with E-state index < -0.39 is 0 Å². The van der Waals surface area contributed by atoms with Gasteiger partial charge in [-0.1, -0.05) is 0 Å². The van der Waals surface area contributed by atoms with E-state index in [1.807, 2.05) is 0 Å². The number of nitrogens with one attached hydrogen (secondary N) is 1. The minimum absolute atomic E-state index is 0.531. The van der Waals surface area contributed by atoms with Gasteiger partial charge in [0, 0.05) is 19.6 Å². The monoisotopic (exact) mass is 295 g/mol. The second-order valence-electron chi connectivity index (χ2n) is 7.38. The maximum Gasteiger partial charge on any atom is 0.0603 e. The molecule has 122 valence electrons. The molecule has 3 rings (SSSR count). The summed E-state index contributed by atoms with van der Waals surface area (Å²) in [7, 11) is 2.25. The van der Waals surface area contributed by atoms with Gasteiger partial charge < -0.3 is 10.1 Å². The summed E-state index contributed by atoms with van der Waals surface area (Å²) >= 11 is 0. The van der Waals surface area contributed by atoms with E-state index in [9.17, 15) is 0 Å². The quantitative estimate of drug-likeness (QED) is 0.857. The van der Waals surface area contributed by atoms with Gasteiger partial charge >= 0.3 is 0 Å². The zero-order chi connectivity index (χ0) is 14.5. The molecule has 2 aliphatic heterocycles. The molecule has 3 aliphatic rings. The second kappa shape index (κ2) is 7.91. The van der Waals surface area contributed by atoms with Crippen molar-refractivity contribution in [2.24, 2.45) is 5.92 Å². The minimum atomic E-state index is 0.531. The predicted molar refractivity (Wildman–Crippen MR) is 86.4 cm³/mol. The molecule has 0 unspecified atom stereocenters. The van der Waals surface area contributed by atoms with Crippen LogP contribution in [0, 0.1) is 5.92 Å². The van der Waals surface area contributed by atoms with E-state index in [2.05, 4.69) is 22.2 Å². The molecule has 0 bridgehead atoms. The molecule has 0 radical (unpaired) electrons. The standard InChI is InChI=1S/C17H33N3O/c1-19-11-2-12-20(14-19)13-15-3-5-16(6-4-15)21-17-7-9-18-10-8-17/h15-18H,2-14H2,1H3. The van der Waals surface area contributed by atoms with E-state index in [4.69, 9.17) is 4.74 Å². The molecule has 0 amide bonds. The fourth-order valence-electron chi connectivity index (χ4n) is 4.22. The Hall–Kier alpha value is -0.160. The van der Waals surface area contributed by atoms with Crippen molar-refractivity contribution in [1.82, 2.24) is 15.1 Å². The molecule has 0 aromatic rings. The third kappa shape index (κ3) is 4.92. The van der Waals surface area contributed by atoms with Crippen molar-refractivity contribution in [3.8, 4) is 0 Å². The topological polar surface area (TPSA) is 27.7 Å². The molecular formula is C17H33N3O. The first-order valence-corrected chi connectivity index (χ1v) is 9.06. The first-order chi connectivity index (χ1) is 10.3. The molecule has 0 spiro atoms. The Labute approximate surface area is 130 Å². The minimum Gasteiger partial charge on any atom is -0.375 e. The Morgan fingerprint density at radius 1 is 0.952 bits per heavy atom. The average Bonchev–Trinajstić information content (AvgIpc) is 2.50. The van der Waals surface area contributed by atoms with Gasteiger partial charge in [-0.15, -0.1) is 0 Å². The first-order valence-electron chi connectivity index (χ1n) is 9.06. The lowest BCUT2D eigenvalue weighted by atomic mass is 9.86. The number of hydrogen-bond donors (Lipinski definition) is 1. The zero-order valence-corrected chi connectivity index (χ0v) is 13.7. The SMILES string of the molecule is CN1CCCN(CC2CCC(OC3CCNCC3)CC2)C1. The van der Waals surface area contributed by atoms with Crippen molar-refractivity contribution in [2.45, 2.75) is 57.2 Å². The lowest BCUT2D eigenvalue weighted by Crippen LogP contribution is -2.45. The van der Waals surface area contributed by atoms with Crippen LogP contribution < -0.4 is 5.32 Å². The second-order valence-corrected chi connectivity index (χ2v) is 7.38. The van der Waals surface area contributed by atoms with Crippen LogP contribution in [0.2, 0.25) is 0 Å². The normalized spacial score (nSPS) is 34.1. The Morgan fingerprint density at radius 2 is 1.67 bits per heavy atom. The molecule has 3 fully saturated rings. The first kappa shape index (κ1) is 15.7. The van der Waals surface area contributed by atoms with Crippen LogP contribution in [0.5, 0.6) is 0 Å². The van der Waals surface area contributed by atoms with Gasteiger partial charge in [0.25, 0.3) is 0 Å². The van der Waals surface area contributed by atoms with Gasteiger partial charge in [0.1, 0.15) is 0 Å². The van der Waals surface area contributed by atoms with E-state index in [0.29, 0.717) is 12.2 Å². The molecule has 1 N–H and O–H groups in total. The molecule has 0 aromatic heterocycles.